The molecular weight excluding hydrogens is 274 g/mol. The smallest absolute Gasteiger partial charge is 0.240 e. The number of sulfonamides is 1. The normalized spacial score (nSPS) is 11.3. The van der Waals surface area contributed by atoms with E-state index in [-0.39, 0.29) is 10.6 Å². The van der Waals surface area contributed by atoms with Crippen LogP contribution in [0.25, 0.3) is 0 Å². The number of benzene rings is 2. The summed E-state index contributed by atoms with van der Waals surface area (Å²) in [6.45, 7) is 2.01. The van der Waals surface area contributed by atoms with Gasteiger partial charge in [0, 0.05) is 18.4 Å². The average molecular weight is 291 g/mol. The molecule has 0 radical (unpaired) electrons. The highest BCUT2D eigenvalue weighted by Gasteiger charge is 2.14. The van der Waals surface area contributed by atoms with E-state index in [1.807, 2.05) is 43.1 Å². The van der Waals surface area contributed by atoms with Crippen LogP contribution in [0.5, 0.6) is 0 Å². The number of nitrogen functional groups attached to an aromatic ring is 1. The SMILES string of the molecule is Cc1ccccc1N(C)c1ccc(S(N)(=O)=O)c(N)c1. The molecule has 0 bridgehead atoms. The van der Waals surface area contributed by atoms with Gasteiger partial charge in [-0.1, -0.05) is 18.2 Å². The molecule has 106 valence electrons. The molecule has 0 fully saturated rings. The lowest BCUT2D eigenvalue weighted by Gasteiger charge is -2.22. The van der Waals surface area contributed by atoms with Crippen molar-refractivity contribution >= 4 is 27.1 Å². The van der Waals surface area contributed by atoms with E-state index in [2.05, 4.69) is 0 Å². The first kappa shape index (κ1) is 14.4. The van der Waals surface area contributed by atoms with Crippen LogP contribution >= 0.6 is 0 Å². The van der Waals surface area contributed by atoms with Gasteiger partial charge in [0.1, 0.15) is 4.90 Å². The summed E-state index contributed by atoms with van der Waals surface area (Å²) in [5.41, 5.74) is 8.85. The summed E-state index contributed by atoms with van der Waals surface area (Å²) < 4.78 is 22.7. The molecule has 0 heterocycles. The number of nitrogens with two attached hydrogens (primary N) is 2. The second kappa shape index (κ2) is 5.15. The number of hydrogen-bond donors (Lipinski definition) is 2. The van der Waals surface area contributed by atoms with Gasteiger partial charge in [0.05, 0.1) is 5.69 Å². The van der Waals surface area contributed by atoms with Crippen molar-refractivity contribution in [2.24, 2.45) is 5.14 Å². The number of primary sulfonamides is 1. The molecule has 0 amide bonds. The Morgan fingerprint density at radius 1 is 1.10 bits per heavy atom. The Morgan fingerprint density at radius 2 is 1.75 bits per heavy atom. The first-order valence-corrected chi connectivity index (χ1v) is 7.57. The molecule has 4 N–H and O–H groups in total. The maximum Gasteiger partial charge on any atom is 0.240 e. The van der Waals surface area contributed by atoms with Crippen molar-refractivity contribution in [3.05, 3.63) is 48.0 Å². The zero-order valence-corrected chi connectivity index (χ0v) is 12.2. The Kier molecular flexibility index (Phi) is 3.69. The number of para-hydroxylation sites is 1. The second-order valence-corrected chi connectivity index (χ2v) is 6.14. The van der Waals surface area contributed by atoms with Crippen LogP contribution in [0.1, 0.15) is 5.56 Å². The molecule has 2 rings (SSSR count). The molecular formula is C14H17N3O2S. The zero-order valence-electron chi connectivity index (χ0n) is 11.4. The Morgan fingerprint density at radius 3 is 2.30 bits per heavy atom. The molecule has 20 heavy (non-hydrogen) atoms. The third kappa shape index (κ3) is 2.76. The summed E-state index contributed by atoms with van der Waals surface area (Å²) in [7, 11) is -1.90. The number of rotatable bonds is 3. The molecule has 0 saturated heterocycles. The van der Waals surface area contributed by atoms with Crippen LogP contribution in [0.15, 0.2) is 47.4 Å². The maximum atomic E-state index is 11.3. The third-order valence-electron chi connectivity index (χ3n) is 3.16. The van der Waals surface area contributed by atoms with Crippen LogP contribution in [-0.2, 0) is 10.0 Å². The number of nitrogens with zero attached hydrogens (tertiary/aromatic N) is 1. The Bertz CT molecular complexity index is 742. The average Bonchev–Trinajstić information content (AvgIpc) is 2.37. The van der Waals surface area contributed by atoms with Crippen molar-refractivity contribution in [3.8, 4) is 0 Å². The van der Waals surface area contributed by atoms with E-state index >= 15 is 0 Å². The minimum absolute atomic E-state index is 0.0561. The van der Waals surface area contributed by atoms with Crippen molar-refractivity contribution in [1.29, 1.82) is 0 Å². The summed E-state index contributed by atoms with van der Waals surface area (Å²) in [6.07, 6.45) is 0. The largest absolute Gasteiger partial charge is 0.398 e. The molecule has 6 heteroatoms. The van der Waals surface area contributed by atoms with E-state index in [4.69, 9.17) is 10.9 Å². The van der Waals surface area contributed by atoms with E-state index in [1.54, 1.807) is 12.1 Å². The van der Waals surface area contributed by atoms with E-state index in [0.29, 0.717) is 0 Å². The van der Waals surface area contributed by atoms with E-state index in [0.717, 1.165) is 16.9 Å². The molecule has 0 aromatic heterocycles. The quantitative estimate of drug-likeness (QED) is 0.846. The van der Waals surface area contributed by atoms with Crippen molar-refractivity contribution in [1.82, 2.24) is 0 Å². The monoisotopic (exact) mass is 291 g/mol. The molecule has 0 aliphatic heterocycles. The Hall–Kier alpha value is -2.05. The predicted molar refractivity (Wildman–Crippen MR) is 81.5 cm³/mol. The standard InChI is InChI=1S/C14H17N3O2S/c1-10-5-3-4-6-13(10)17(2)11-7-8-14(12(15)9-11)20(16,18)19/h3-9H,15H2,1-2H3,(H2,16,18,19). The van der Waals surface area contributed by atoms with Crippen LogP contribution in [0.3, 0.4) is 0 Å². The molecule has 0 atom stereocenters. The van der Waals surface area contributed by atoms with Gasteiger partial charge in [-0.2, -0.15) is 0 Å². The number of hydrogen-bond acceptors (Lipinski definition) is 4. The van der Waals surface area contributed by atoms with Crippen LogP contribution < -0.4 is 15.8 Å². The van der Waals surface area contributed by atoms with Gasteiger partial charge >= 0.3 is 0 Å². The van der Waals surface area contributed by atoms with Crippen molar-refractivity contribution in [2.45, 2.75) is 11.8 Å². The zero-order chi connectivity index (χ0) is 14.9. The third-order valence-corrected chi connectivity index (χ3v) is 4.15. The highest BCUT2D eigenvalue weighted by atomic mass is 32.2. The van der Waals surface area contributed by atoms with Crippen LogP contribution in [0, 0.1) is 6.92 Å². The molecule has 0 aliphatic rings. The van der Waals surface area contributed by atoms with E-state index in [1.165, 1.54) is 6.07 Å². The summed E-state index contributed by atoms with van der Waals surface area (Å²) in [4.78, 5) is 1.89. The Labute approximate surface area is 118 Å². The van der Waals surface area contributed by atoms with Crippen molar-refractivity contribution < 1.29 is 8.42 Å². The first-order valence-electron chi connectivity index (χ1n) is 6.02. The van der Waals surface area contributed by atoms with Crippen LogP contribution in [0.2, 0.25) is 0 Å². The minimum Gasteiger partial charge on any atom is -0.398 e. The molecule has 0 spiro atoms. The lowest BCUT2D eigenvalue weighted by atomic mass is 10.1. The van der Waals surface area contributed by atoms with Crippen LogP contribution in [0.4, 0.5) is 17.1 Å². The molecule has 5 nitrogen and oxygen atoms in total. The number of anilines is 3. The fourth-order valence-corrected chi connectivity index (χ4v) is 2.73. The maximum absolute atomic E-state index is 11.3. The first-order chi connectivity index (χ1) is 9.30. The molecule has 2 aromatic rings. The van der Waals surface area contributed by atoms with Gasteiger partial charge in [0.25, 0.3) is 0 Å². The summed E-state index contributed by atoms with van der Waals surface area (Å²) in [6, 6.07) is 12.6. The van der Waals surface area contributed by atoms with Gasteiger partial charge in [-0.25, -0.2) is 13.6 Å². The van der Waals surface area contributed by atoms with Crippen molar-refractivity contribution in [3.63, 3.8) is 0 Å². The summed E-state index contributed by atoms with van der Waals surface area (Å²) in [5, 5.41) is 5.10. The van der Waals surface area contributed by atoms with Gasteiger partial charge in [-0.15, -0.1) is 0 Å². The van der Waals surface area contributed by atoms with Crippen LogP contribution in [-0.4, -0.2) is 15.5 Å². The lowest BCUT2D eigenvalue weighted by molar-refractivity contribution is 0.598. The summed E-state index contributed by atoms with van der Waals surface area (Å²) in [5.74, 6) is 0. The van der Waals surface area contributed by atoms with Crippen molar-refractivity contribution in [2.75, 3.05) is 17.7 Å². The topological polar surface area (TPSA) is 89.4 Å². The molecule has 0 saturated carbocycles. The van der Waals surface area contributed by atoms with E-state index < -0.39 is 10.0 Å². The number of aryl methyl sites for hydroxylation is 1. The molecule has 0 aliphatic carbocycles. The van der Waals surface area contributed by atoms with Gasteiger partial charge in [-0.05, 0) is 36.8 Å². The molecule has 2 aromatic carbocycles. The molecule has 0 unspecified atom stereocenters. The van der Waals surface area contributed by atoms with Gasteiger partial charge in [-0.3, -0.25) is 0 Å². The summed E-state index contributed by atoms with van der Waals surface area (Å²) >= 11 is 0. The van der Waals surface area contributed by atoms with E-state index in [9.17, 15) is 8.42 Å². The fraction of sp³-hybridized carbons (Fsp3) is 0.143. The minimum atomic E-state index is -3.79. The highest BCUT2D eigenvalue weighted by molar-refractivity contribution is 7.89. The highest BCUT2D eigenvalue weighted by Crippen LogP contribution is 2.29. The van der Waals surface area contributed by atoms with Gasteiger partial charge < -0.3 is 10.6 Å². The fourth-order valence-electron chi connectivity index (χ4n) is 2.08. The van der Waals surface area contributed by atoms with Gasteiger partial charge in [0.2, 0.25) is 10.0 Å². The Balaban J connectivity index is 2.45. The second-order valence-electron chi connectivity index (χ2n) is 4.61. The lowest BCUT2D eigenvalue weighted by Crippen LogP contribution is -2.16. The van der Waals surface area contributed by atoms with Gasteiger partial charge in [0.15, 0.2) is 0 Å². The predicted octanol–water partition coefficient (Wildman–Crippen LogP) is 1.99.